The number of rotatable bonds is 3. The van der Waals surface area contributed by atoms with Crippen LogP contribution in [0.4, 0.5) is 5.69 Å². The Morgan fingerprint density at radius 3 is 2.56 bits per heavy atom. The Hall–Kier alpha value is -2.26. The molecule has 2 aliphatic heterocycles. The van der Waals surface area contributed by atoms with Crippen molar-refractivity contribution in [3.63, 3.8) is 0 Å². The Morgan fingerprint density at radius 1 is 1.15 bits per heavy atom. The second-order valence-corrected chi connectivity index (χ2v) is 9.02. The Bertz CT molecular complexity index is 977. The fourth-order valence-corrected chi connectivity index (χ4v) is 5.28. The zero-order chi connectivity index (χ0) is 19.2. The summed E-state index contributed by atoms with van der Waals surface area (Å²) in [7, 11) is -1.84. The van der Waals surface area contributed by atoms with Gasteiger partial charge in [-0.05, 0) is 43.0 Å². The predicted molar refractivity (Wildman–Crippen MR) is 97.9 cm³/mol. The van der Waals surface area contributed by atoms with Crippen molar-refractivity contribution >= 4 is 21.6 Å². The van der Waals surface area contributed by atoms with Gasteiger partial charge in [-0.3, -0.25) is 4.79 Å². The molecule has 1 aromatic heterocycles. The number of anilines is 1. The van der Waals surface area contributed by atoms with Crippen molar-refractivity contribution in [1.82, 2.24) is 14.5 Å². The number of sulfonamides is 1. The molecule has 8 nitrogen and oxygen atoms in total. The van der Waals surface area contributed by atoms with Crippen LogP contribution in [0.3, 0.4) is 0 Å². The number of aromatic nitrogens is 2. The Morgan fingerprint density at radius 2 is 1.89 bits per heavy atom. The number of carbonyl (C=O) groups is 1. The molecule has 1 saturated heterocycles. The van der Waals surface area contributed by atoms with E-state index in [0.29, 0.717) is 50.6 Å². The molecule has 9 heteroatoms. The van der Waals surface area contributed by atoms with Gasteiger partial charge in [-0.15, -0.1) is 10.2 Å². The molecule has 2 aromatic rings. The van der Waals surface area contributed by atoms with Gasteiger partial charge < -0.3 is 9.32 Å². The normalized spacial score (nSPS) is 19.3. The van der Waals surface area contributed by atoms with Crippen molar-refractivity contribution in [3.8, 4) is 0 Å². The first-order valence-corrected chi connectivity index (χ1v) is 10.5. The molecule has 0 aliphatic carbocycles. The minimum absolute atomic E-state index is 0.0523. The summed E-state index contributed by atoms with van der Waals surface area (Å²) >= 11 is 0. The molecule has 0 N–H and O–H groups in total. The largest absolute Gasteiger partial charge is 0.425 e. The van der Waals surface area contributed by atoms with Gasteiger partial charge in [0.15, 0.2) is 0 Å². The molecule has 0 spiro atoms. The van der Waals surface area contributed by atoms with Crippen LogP contribution in [0.1, 0.15) is 42.5 Å². The van der Waals surface area contributed by atoms with Crippen LogP contribution in [0.25, 0.3) is 0 Å². The number of aryl methyl sites for hydroxylation is 2. The summed E-state index contributed by atoms with van der Waals surface area (Å²) in [6, 6.07) is 5.03. The van der Waals surface area contributed by atoms with E-state index >= 15 is 0 Å². The van der Waals surface area contributed by atoms with Crippen LogP contribution in [0.5, 0.6) is 0 Å². The van der Waals surface area contributed by atoms with E-state index in [4.69, 9.17) is 4.42 Å². The summed E-state index contributed by atoms with van der Waals surface area (Å²) in [5.41, 5.74) is 1.69. The van der Waals surface area contributed by atoms with Crippen LogP contribution in [-0.4, -0.2) is 49.0 Å². The number of nitrogens with zero attached hydrogens (tertiary/aromatic N) is 4. The molecule has 27 heavy (non-hydrogen) atoms. The number of hydrogen-bond acceptors (Lipinski definition) is 6. The monoisotopic (exact) mass is 390 g/mol. The van der Waals surface area contributed by atoms with Gasteiger partial charge >= 0.3 is 0 Å². The van der Waals surface area contributed by atoms with Gasteiger partial charge in [0, 0.05) is 45.1 Å². The van der Waals surface area contributed by atoms with Gasteiger partial charge in [0.05, 0.1) is 4.90 Å². The maximum Gasteiger partial charge on any atom is 0.243 e. The zero-order valence-electron chi connectivity index (χ0n) is 15.4. The minimum atomic E-state index is -3.56. The molecule has 1 aromatic carbocycles. The summed E-state index contributed by atoms with van der Waals surface area (Å²) in [5, 5.41) is 7.91. The van der Waals surface area contributed by atoms with E-state index in [2.05, 4.69) is 10.2 Å². The average molecular weight is 390 g/mol. The molecule has 144 valence electrons. The third-order valence-electron chi connectivity index (χ3n) is 5.38. The number of benzene rings is 1. The lowest BCUT2D eigenvalue weighted by Gasteiger charge is -2.30. The third kappa shape index (κ3) is 3.25. The fourth-order valence-electron chi connectivity index (χ4n) is 3.76. The van der Waals surface area contributed by atoms with Crippen LogP contribution in [0.15, 0.2) is 27.5 Å². The van der Waals surface area contributed by atoms with Crippen LogP contribution in [0.2, 0.25) is 0 Å². The van der Waals surface area contributed by atoms with Gasteiger partial charge in [-0.2, -0.15) is 4.31 Å². The molecule has 0 bridgehead atoms. The molecule has 2 aliphatic rings. The van der Waals surface area contributed by atoms with E-state index in [1.54, 1.807) is 37.1 Å². The topological polar surface area (TPSA) is 96.6 Å². The molecular formula is C18H22N4O4S. The predicted octanol–water partition coefficient (Wildman–Crippen LogP) is 1.86. The van der Waals surface area contributed by atoms with Crippen LogP contribution < -0.4 is 4.90 Å². The summed E-state index contributed by atoms with van der Waals surface area (Å²) in [6.07, 6.45) is 2.29. The van der Waals surface area contributed by atoms with E-state index in [0.717, 1.165) is 11.3 Å². The summed E-state index contributed by atoms with van der Waals surface area (Å²) < 4.78 is 33.1. The molecule has 3 heterocycles. The number of hydrogen-bond donors (Lipinski definition) is 0. The van der Waals surface area contributed by atoms with E-state index in [-0.39, 0.29) is 16.7 Å². The highest BCUT2D eigenvalue weighted by atomic mass is 32.2. The van der Waals surface area contributed by atoms with Gasteiger partial charge in [0.1, 0.15) is 0 Å². The highest BCUT2D eigenvalue weighted by molar-refractivity contribution is 7.89. The van der Waals surface area contributed by atoms with Gasteiger partial charge in [0.2, 0.25) is 27.7 Å². The highest BCUT2D eigenvalue weighted by Crippen LogP contribution is 2.33. The van der Waals surface area contributed by atoms with Crippen molar-refractivity contribution in [2.24, 2.45) is 0 Å². The van der Waals surface area contributed by atoms with Crippen molar-refractivity contribution in [3.05, 3.63) is 35.5 Å². The smallest absolute Gasteiger partial charge is 0.243 e. The molecule has 0 saturated carbocycles. The molecule has 0 unspecified atom stereocenters. The van der Waals surface area contributed by atoms with E-state index in [1.807, 2.05) is 0 Å². The quantitative estimate of drug-likeness (QED) is 0.794. The maximum absolute atomic E-state index is 13.1. The van der Waals surface area contributed by atoms with E-state index < -0.39 is 10.0 Å². The Balaban J connectivity index is 1.52. The van der Waals surface area contributed by atoms with Crippen molar-refractivity contribution < 1.29 is 17.6 Å². The molecule has 0 radical (unpaired) electrons. The SMILES string of the molecule is Cc1nnc(C2CCN(S(=O)(=O)c3ccc4c(c3)CCC(=O)N4C)CC2)o1. The van der Waals surface area contributed by atoms with Crippen LogP contribution in [-0.2, 0) is 21.2 Å². The zero-order valence-corrected chi connectivity index (χ0v) is 16.2. The lowest BCUT2D eigenvalue weighted by atomic mass is 9.98. The first-order chi connectivity index (χ1) is 12.9. The summed E-state index contributed by atoms with van der Waals surface area (Å²) in [5.74, 6) is 1.26. The standard InChI is InChI=1S/C18H22N4O4S/c1-12-19-20-18(26-12)13-7-9-22(10-8-13)27(24,25)15-4-5-16-14(11-15)3-6-17(23)21(16)2/h4-5,11,13H,3,6-10H2,1-2H3. The second kappa shape index (κ2) is 6.72. The third-order valence-corrected chi connectivity index (χ3v) is 7.27. The summed E-state index contributed by atoms with van der Waals surface area (Å²) in [4.78, 5) is 13.7. The van der Waals surface area contributed by atoms with Gasteiger partial charge in [-0.1, -0.05) is 0 Å². The first kappa shape index (κ1) is 18.1. The second-order valence-electron chi connectivity index (χ2n) is 7.08. The molecule has 1 amide bonds. The highest BCUT2D eigenvalue weighted by Gasteiger charge is 2.33. The van der Waals surface area contributed by atoms with E-state index in [9.17, 15) is 13.2 Å². The number of piperidine rings is 1. The fraction of sp³-hybridized carbons (Fsp3) is 0.500. The number of carbonyl (C=O) groups excluding carboxylic acids is 1. The molecule has 4 rings (SSSR count). The van der Waals surface area contributed by atoms with Crippen molar-refractivity contribution in [1.29, 1.82) is 0 Å². The minimum Gasteiger partial charge on any atom is -0.425 e. The van der Waals surface area contributed by atoms with Crippen molar-refractivity contribution in [2.75, 3.05) is 25.0 Å². The first-order valence-electron chi connectivity index (χ1n) is 9.06. The molecule has 1 fully saturated rings. The van der Waals surface area contributed by atoms with Gasteiger partial charge in [0.25, 0.3) is 0 Å². The Kier molecular flexibility index (Phi) is 4.51. The lowest BCUT2D eigenvalue weighted by Crippen LogP contribution is -2.38. The van der Waals surface area contributed by atoms with Crippen molar-refractivity contribution in [2.45, 2.75) is 43.4 Å². The average Bonchev–Trinajstić information content (AvgIpc) is 3.11. The number of fused-ring (bicyclic) bond motifs is 1. The lowest BCUT2D eigenvalue weighted by molar-refractivity contribution is -0.118. The van der Waals surface area contributed by atoms with Crippen LogP contribution >= 0.6 is 0 Å². The molecule has 0 atom stereocenters. The maximum atomic E-state index is 13.1. The van der Waals surface area contributed by atoms with E-state index in [1.165, 1.54) is 4.31 Å². The van der Waals surface area contributed by atoms with Gasteiger partial charge in [-0.25, -0.2) is 8.42 Å². The summed E-state index contributed by atoms with van der Waals surface area (Å²) in [6.45, 7) is 2.59. The number of amides is 1. The molecular weight excluding hydrogens is 368 g/mol. The van der Waals surface area contributed by atoms with Crippen LogP contribution in [0, 0.1) is 6.92 Å². The Labute approximate surface area is 158 Å².